The van der Waals surface area contributed by atoms with Gasteiger partial charge in [0.2, 0.25) is 0 Å². The Bertz CT molecular complexity index is 1140. The lowest BCUT2D eigenvalue weighted by molar-refractivity contribution is -0.146. The number of piperidine rings is 1. The van der Waals surface area contributed by atoms with Gasteiger partial charge in [-0.25, -0.2) is 4.98 Å². The number of ether oxygens (including phenoxy) is 1. The first-order valence-corrected chi connectivity index (χ1v) is 13.1. The van der Waals surface area contributed by atoms with E-state index in [0.29, 0.717) is 19.4 Å². The van der Waals surface area contributed by atoms with Crippen LogP contribution in [0.25, 0.3) is 10.9 Å². The lowest BCUT2D eigenvalue weighted by Crippen LogP contribution is -2.44. The highest BCUT2D eigenvalue weighted by Crippen LogP contribution is 2.34. The number of likely N-dealkylation sites (tertiary alicyclic amines) is 1. The highest BCUT2D eigenvalue weighted by Gasteiger charge is 2.34. The van der Waals surface area contributed by atoms with Crippen molar-refractivity contribution in [2.24, 2.45) is 18.9 Å². The number of aliphatic carboxylic acids is 1. The Kier molecular flexibility index (Phi) is 8.64. The van der Waals surface area contributed by atoms with Gasteiger partial charge in [0, 0.05) is 30.9 Å². The number of hydrogen-bond acceptors (Lipinski definition) is 7. The molecule has 1 saturated heterocycles. The standard InChI is InChI=1S/C26H34N4O4S/c1-29-17-27-15-25(29)35-13-3-11-30-12-9-18(22(16-30)26(32)33)4-7-24(31)20-8-10-28-23-6-5-19(34-2)14-21(20)23/h5-6,8,10,14-15,17-18,22,24,31H,3-4,7,9,11-13,16H2,1-2H3,(H,32,33)/t18-,22+,24-/m1/s1. The summed E-state index contributed by atoms with van der Waals surface area (Å²) < 4.78 is 7.35. The topological polar surface area (TPSA) is 101 Å². The highest BCUT2D eigenvalue weighted by molar-refractivity contribution is 7.99. The van der Waals surface area contributed by atoms with E-state index in [0.717, 1.165) is 58.9 Å². The van der Waals surface area contributed by atoms with Gasteiger partial charge in [0.05, 0.1) is 42.2 Å². The third kappa shape index (κ3) is 6.34. The second-order valence-electron chi connectivity index (χ2n) is 9.22. The van der Waals surface area contributed by atoms with Crippen molar-refractivity contribution in [2.75, 3.05) is 32.5 Å². The quantitative estimate of drug-likeness (QED) is 0.302. The van der Waals surface area contributed by atoms with Crippen LogP contribution in [0.4, 0.5) is 0 Å². The van der Waals surface area contributed by atoms with Gasteiger partial charge < -0.3 is 24.4 Å². The number of carbonyl (C=O) groups is 1. The molecule has 35 heavy (non-hydrogen) atoms. The number of benzene rings is 1. The fourth-order valence-corrected chi connectivity index (χ4v) is 5.81. The predicted octanol–water partition coefficient (Wildman–Crippen LogP) is 4.00. The molecule has 0 unspecified atom stereocenters. The predicted molar refractivity (Wildman–Crippen MR) is 137 cm³/mol. The van der Waals surface area contributed by atoms with Crippen LogP contribution in [0.15, 0.2) is 48.0 Å². The molecule has 0 spiro atoms. The van der Waals surface area contributed by atoms with Crippen LogP contribution in [0.5, 0.6) is 5.75 Å². The number of pyridine rings is 1. The number of hydrogen-bond donors (Lipinski definition) is 2. The molecule has 9 heteroatoms. The summed E-state index contributed by atoms with van der Waals surface area (Å²) in [5.41, 5.74) is 1.62. The van der Waals surface area contributed by atoms with Crippen molar-refractivity contribution in [1.29, 1.82) is 0 Å². The molecule has 2 N–H and O–H groups in total. The van der Waals surface area contributed by atoms with E-state index in [4.69, 9.17) is 4.74 Å². The maximum absolute atomic E-state index is 12.1. The molecule has 4 rings (SSSR count). The lowest BCUT2D eigenvalue weighted by Gasteiger charge is -2.37. The molecule has 1 aromatic carbocycles. The van der Waals surface area contributed by atoms with Crippen molar-refractivity contribution in [3.8, 4) is 5.75 Å². The van der Waals surface area contributed by atoms with Gasteiger partial charge in [-0.3, -0.25) is 9.78 Å². The number of carboxylic acid groups (broad SMARTS) is 1. The van der Waals surface area contributed by atoms with Crippen molar-refractivity contribution >= 4 is 28.6 Å². The van der Waals surface area contributed by atoms with Gasteiger partial charge in [-0.1, -0.05) is 0 Å². The normalized spacial score (nSPS) is 19.6. The van der Waals surface area contributed by atoms with Gasteiger partial charge >= 0.3 is 5.97 Å². The molecule has 0 aliphatic carbocycles. The van der Waals surface area contributed by atoms with Crippen molar-refractivity contribution in [3.05, 3.63) is 48.5 Å². The van der Waals surface area contributed by atoms with Gasteiger partial charge in [-0.2, -0.15) is 0 Å². The van der Waals surface area contributed by atoms with Crippen LogP contribution in [-0.4, -0.2) is 68.1 Å². The fraction of sp³-hybridized carbons (Fsp3) is 0.500. The van der Waals surface area contributed by atoms with Crippen LogP contribution in [0, 0.1) is 11.8 Å². The Hall–Kier alpha value is -2.62. The molecule has 2 aromatic heterocycles. The minimum atomic E-state index is -0.738. The van der Waals surface area contributed by atoms with Gasteiger partial charge in [0.25, 0.3) is 0 Å². The SMILES string of the molecule is COc1ccc2nccc([C@H](O)CC[C@@H]3CCN(CCCSc4cncn4C)C[C@@H]3C(=O)O)c2c1. The highest BCUT2D eigenvalue weighted by atomic mass is 32.2. The number of methoxy groups -OCH3 is 1. The van der Waals surface area contributed by atoms with E-state index < -0.39 is 18.0 Å². The summed E-state index contributed by atoms with van der Waals surface area (Å²) in [5.74, 6) is 0.613. The van der Waals surface area contributed by atoms with Crippen LogP contribution in [0.1, 0.15) is 37.4 Å². The Morgan fingerprint density at radius 2 is 2.20 bits per heavy atom. The number of carboxylic acids is 1. The molecule has 1 aliphatic heterocycles. The third-order valence-electron chi connectivity index (χ3n) is 6.95. The number of aromatic nitrogens is 3. The number of thioether (sulfide) groups is 1. The number of aliphatic hydroxyl groups is 1. The van der Waals surface area contributed by atoms with E-state index in [1.54, 1.807) is 31.4 Å². The molecular formula is C26H34N4O4S. The molecule has 1 fully saturated rings. The van der Waals surface area contributed by atoms with E-state index in [-0.39, 0.29) is 5.92 Å². The van der Waals surface area contributed by atoms with Crippen LogP contribution in [0.2, 0.25) is 0 Å². The summed E-state index contributed by atoms with van der Waals surface area (Å²) in [6, 6.07) is 7.48. The number of aryl methyl sites for hydroxylation is 1. The molecule has 0 saturated carbocycles. The Balaban J connectivity index is 1.30. The molecule has 0 bridgehead atoms. The summed E-state index contributed by atoms with van der Waals surface area (Å²) in [6.07, 6.45) is 7.74. The molecule has 0 radical (unpaired) electrons. The molecular weight excluding hydrogens is 464 g/mol. The Morgan fingerprint density at radius 3 is 2.94 bits per heavy atom. The second kappa shape index (κ2) is 11.9. The molecule has 3 heterocycles. The lowest BCUT2D eigenvalue weighted by atomic mass is 9.81. The van der Waals surface area contributed by atoms with E-state index in [1.807, 2.05) is 42.1 Å². The number of imidazole rings is 1. The third-order valence-corrected chi connectivity index (χ3v) is 8.13. The van der Waals surface area contributed by atoms with E-state index >= 15 is 0 Å². The molecule has 0 amide bonds. The zero-order chi connectivity index (χ0) is 24.8. The Morgan fingerprint density at radius 1 is 1.34 bits per heavy atom. The molecule has 188 valence electrons. The number of nitrogens with zero attached hydrogens (tertiary/aromatic N) is 4. The van der Waals surface area contributed by atoms with Crippen molar-refractivity contribution in [1.82, 2.24) is 19.4 Å². The minimum Gasteiger partial charge on any atom is -0.497 e. The molecule has 3 aromatic rings. The van der Waals surface area contributed by atoms with Gasteiger partial charge in [-0.05, 0) is 74.5 Å². The van der Waals surface area contributed by atoms with Gasteiger partial charge in [0.15, 0.2) is 0 Å². The summed E-state index contributed by atoms with van der Waals surface area (Å²) in [5, 5.41) is 22.9. The first-order chi connectivity index (χ1) is 17.0. The van der Waals surface area contributed by atoms with Crippen LogP contribution in [-0.2, 0) is 11.8 Å². The van der Waals surface area contributed by atoms with Crippen LogP contribution in [0.3, 0.4) is 0 Å². The number of rotatable bonds is 11. The van der Waals surface area contributed by atoms with Gasteiger partial charge in [0.1, 0.15) is 5.75 Å². The van der Waals surface area contributed by atoms with Crippen molar-refractivity contribution in [2.45, 2.75) is 36.8 Å². The smallest absolute Gasteiger partial charge is 0.308 e. The zero-order valence-electron chi connectivity index (χ0n) is 20.3. The average Bonchev–Trinajstić information content (AvgIpc) is 3.29. The summed E-state index contributed by atoms with van der Waals surface area (Å²) >= 11 is 1.78. The van der Waals surface area contributed by atoms with Gasteiger partial charge in [-0.15, -0.1) is 11.8 Å². The van der Waals surface area contributed by atoms with E-state index in [2.05, 4.69) is 14.9 Å². The molecule has 3 atom stereocenters. The van der Waals surface area contributed by atoms with E-state index in [9.17, 15) is 15.0 Å². The maximum atomic E-state index is 12.1. The minimum absolute atomic E-state index is 0.0601. The van der Waals surface area contributed by atoms with E-state index in [1.165, 1.54) is 0 Å². The first kappa shape index (κ1) is 25.5. The van der Waals surface area contributed by atoms with Crippen molar-refractivity contribution < 1.29 is 19.7 Å². The zero-order valence-corrected chi connectivity index (χ0v) is 21.2. The average molecular weight is 499 g/mol. The first-order valence-electron chi connectivity index (χ1n) is 12.1. The molecule has 1 aliphatic rings. The van der Waals surface area contributed by atoms with Crippen LogP contribution >= 0.6 is 11.8 Å². The molecule has 8 nitrogen and oxygen atoms in total. The largest absolute Gasteiger partial charge is 0.497 e. The summed E-state index contributed by atoms with van der Waals surface area (Å²) in [6.45, 7) is 2.37. The second-order valence-corrected chi connectivity index (χ2v) is 10.3. The fourth-order valence-electron chi connectivity index (χ4n) is 4.94. The maximum Gasteiger partial charge on any atom is 0.308 e. The summed E-state index contributed by atoms with van der Waals surface area (Å²) in [7, 11) is 3.61. The monoisotopic (exact) mass is 498 g/mol. The summed E-state index contributed by atoms with van der Waals surface area (Å²) in [4.78, 5) is 22.9. The van der Waals surface area contributed by atoms with Crippen molar-refractivity contribution in [3.63, 3.8) is 0 Å². The number of aliphatic hydroxyl groups excluding tert-OH is 1. The van der Waals surface area contributed by atoms with Crippen LogP contribution < -0.4 is 4.74 Å². The number of fused-ring (bicyclic) bond motifs is 1. The Labute approximate surface area is 210 Å².